The van der Waals surface area contributed by atoms with Crippen LogP contribution < -0.4 is 16.6 Å². The second-order valence-corrected chi connectivity index (χ2v) is 5.35. The number of hydrazine groups is 1. The highest BCUT2D eigenvalue weighted by atomic mass is 19.1. The van der Waals surface area contributed by atoms with Gasteiger partial charge in [0.15, 0.2) is 11.6 Å². The Kier molecular flexibility index (Phi) is 5.02. The van der Waals surface area contributed by atoms with Crippen molar-refractivity contribution < 1.29 is 13.6 Å². The van der Waals surface area contributed by atoms with Gasteiger partial charge in [0, 0.05) is 17.6 Å². The first-order valence-corrected chi connectivity index (χ1v) is 6.10. The minimum absolute atomic E-state index is 0.0893. The molecule has 0 bridgehead atoms. The van der Waals surface area contributed by atoms with Crippen molar-refractivity contribution in [2.45, 2.75) is 19.4 Å². The quantitative estimate of drug-likeness (QED) is 0.564. The number of rotatable bonds is 5. The van der Waals surface area contributed by atoms with E-state index in [0.717, 1.165) is 12.1 Å². The van der Waals surface area contributed by atoms with E-state index in [9.17, 15) is 13.6 Å². The number of carbonyl (C=O) groups excluding carboxylic acids is 1. The van der Waals surface area contributed by atoms with E-state index in [4.69, 9.17) is 5.84 Å². The summed E-state index contributed by atoms with van der Waals surface area (Å²) in [5.74, 6) is 2.63. The SMILES string of the molecule is CN(C)C(C)(C)CNC(=O)c1cc(F)c(NN)c(F)c1. The van der Waals surface area contributed by atoms with Gasteiger partial charge in [-0.15, -0.1) is 0 Å². The van der Waals surface area contributed by atoms with Crippen LogP contribution in [0.5, 0.6) is 0 Å². The van der Waals surface area contributed by atoms with Crippen LogP contribution in [0.4, 0.5) is 14.5 Å². The summed E-state index contributed by atoms with van der Waals surface area (Å²) in [4.78, 5) is 13.8. The maximum absolute atomic E-state index is 13.5. The number of benzene rings is 1. The molecule has 0 radical (unpaired) electrons. The maximum Gasteiger partial charge on any atom is 0.251 e. The van der Waals surface area contributed by atoms with E-state index in [-0.39, 0.29) is 11.1 Å². The van der Waals surface area contributed by atoms with Crippen molar-refractivity contribution in [2.24, 2.45) is 5.84 Å². The molecule has 1 aromatic carbocycles. The minimum atomic E-state index is -0.912. The van der Waals surface area contributed by atoms with Gasteiger partial charge in [0.2, 0.25) is 0 Å². The minimum Gasteiger partial charge on any atom is -0.350 e. The highest BCUT2D eigenvalue weighted by Crippen LogP contribution is 2.19. The molecule has 0 aliphatic heterocycles. The third-order valence-corrected chi connectivity index (χ3v) is 3.34. The summed E-state index contributed by atoms with van der Waals surface area (Å²) in [6.07, 6.45) is 0. The van der Waals surface area contributed by atoms with E-state index in [0.29, 0.717) is 6.54 Å². The molecule has 0 unspecified atom stereocenters. The van der Waals surface area contributed by atoms with Crippen LogP contribution in [0, 0.1) is 11.6 Å². The monoisotopic (exact) mass is 286 g/mol. The molecule has 0 spiro atoms. The zero-order chi connectivity index (χ0) is 15.5. The smallest absolute Gasteiger partial charge is 0.251 e. The van der Waals surface area contributed by atoms with Crippen LogP contribution in [0.15, 0.2) is 12.1 Å². The summed E-state index contributed by atoms with van der Waals surface area (Å²) < 4.78 is 27.0. The van der Waals surface area contributed by atoms with Crippen LogP contribution in [0.3, 0.4) is 0 Å². The lowest BCUT2D eigenvalue weighted by Gasteiger charge is -2.32. The molecule has 0 saturated heterocycles. The predicted molar refractivity (Wildman–Crippen MR) is 74.3 cm³/mol. The first-order chi connectivity index (χ1) is 9.19. The molecule has 0 heterocycles. The number of carbonyl (C=O) groups is 1. The molecule has 0 aromatic heterocycles. The van der Waals surface area contributed by atoms with Crippen LogP contribution in [0.25, 0.3) is 0 Å². The maximum atomic E-state index is 13.5. The summed E-state index contributed by atoms with van der Waals surface area (Å²) in [6, 6.07) is 1.88. The highest BCUT2D eigenvalue weighted by Gasteiger charge is 2.22. The van der Waals surface area contributed by atoms with Crippen molar-refractivity contribution in [3.05, 3.63) is 29.3 Å². The molecule has 1 aromatic rings. The fraction of sp³-hybridized carbons (Fsp3) is 0.462. The van der Waals surface area contributed by atoms with Crippen LogP contribution in [0.2, 0.25) is 0 Å². The van der Waals surface area contributed by atoms with Gasteiger partial charge in [0.25, 0.3) is 5.91 Å². The largest absolute Gasteiger partial charge is 0.350 e. The number of hydrogen-bond acceptors (Lipinski definition) is 4. The van der Waals surface area contributed by atoms with Gasteiger partial charge in [-0.3, -0.25) is 10.6 Å². The second kappa shape index (κ2) is 6.15. The van der Waals surface area contributed by atoms with Crippen molar-refractivity contribution in [1.29, 1.82) is 0 Å². The Hall–Kier alpha value is -1.73. The number of nitrogens with one attached hydrogen (secondary N) is 2. The third-order valence-electron chi connectivity index (χ3n) is 3.34. The van der Waals surface area contributed by atoms with Gasteiger partial charge in [-0.25, -0.2) is 8.78 Å². The van der Waals surface area contributed by atoms with Gasteiger partial charge < -0.3 is 15.6 Å². The van der Waals surface area contributed by atoms with Crippen molar-refractivity contribution in [1.82, 2.24) is 10.2 Å². The summed E-state index contributed by atoms with van der Waals surface area (Å²) >= 11 is 0. The topological polar surface area (TPSA) is 70.4 Å². The van der Waals surface area contributed by atoms with E-state index in [2.05, 4.69) is 5.32 Å². The van der Waals surface area contributed by atoms with Crippen molar-refractivity contribution in [3.8, 4) is 0 Å². The summed E-state index contributed by atoms with van der Waals surface area (Å²) in [6.45, 7) is 4.23. The van der Waals surface area contributed by atoms with Gasteiger partial charge in [-0.2, -0.15) is 0 Å². The number of anilines is 1. The molecule has 20 heavy (non-hydrogen) atoms. The Labute approximate surface area is 117 Å². The Morgan fingerprint density at radius 2 is 1.80 bits per heavy atom. The fourth-order valence-electron chi connectivity index (χ4n) is 1.40. The first-order valence-electron chi connectivity index (χ1n) is 6.10. The molecule has 1 amide bonds. The average Bonchev–Trinajstić information content (AvgIpc) is 2.35. The lowest BCUT2D eigenvalue weighted by molar-refractivity contribution is 0.0919. The zero-order valence-corrected chi connectivity index (χ0v) is 12.1. The molecule has 0 fully saturated rings. The molecule has 0 aliphatic carbocycles. The molecule has 1 rings (SSSR count). The van der Waals surface area contributed by atoms with Gasteiger partial charge in [-0.1, -0.05) is 0 Å². The van der Waals surface area contributed by atoms with Crippen LogP contribution in [-0.4, -0.2) is 37.0 Å². The molecule has 0 aliphatic rings. The van der Waals surface area contributed by atoms with E-state index in [1.807, 2.05) is 38.3 Å². The van der Waals surface area contributed by atoms with E-state index in [1.165, 1.54) is 0 Å². The van der Waals surface area contributed by atoms with Gasteiger partial charge in [0.1, 0.15) is 5.69 Å². The number of amides is 1. The van der Waals surface area contributed by atoms with Crippen molar-refractivity contribution >= 4 is 11.6 Å². The zero-order valence-electron chi connectivity index (χ0n) is 12.1. The van der Waals surface area contributed by atoms with Gasteiger partial charge >= 0.3 is 0 Å². The second-order valence-electron chi connectivity index (χ2n) is 5.35. The fourth-order valence-corrected chi connectivity index (χ4v) is 1.40. The van der Waals surface area contributed by atoms with Gasteiger partial charge in [-0.05, 0) is 40.1 Å². The number of nitrogens with zero attached hydrogens (tertiary/aromatic N) is 1. The average molecular weight is 286 g/mol. The molecule has 5 nitrogen and oxygen atoms in total. The summed E-state index contributed by atoms with van der Waals surface area (Å²) in [5, 5.41) is 2.65. The third kappa shape index (κ3) is 3.64. The molecular weight excluding hydrogens is 266 g/mol. The molecule has 0 saturated carbocycles. The number of hydrogen-bond donors (Lipinski definition) is 3. The lowest BCUT2D eigenvalue weighted by Crippen LogP contribution is -2.48. The molecule has 7 heteroatoms. The van der Waals surface area contributed by atoms with Crippen LogP contribution >= 0.6 is 0 Å². The lowest BCUT2D eigenvalue weighted by atomic mass is 10.0. The Bertz CT molecular complexity index is 480. The number of nitrogen functional groups attached to an aromatic ring is 1. The van der Waals surface area contributed by atoms with Gasteiger partial charge in [0.05, 0.1) is 0 Å². The normalized spacial score (nSPS) is 11.6. The standard InChI is InChI=1S/C13H20F2N4O/c1-13(2,19(3)4)7-17-12(20)8-5-9(14)11(18-16)10(15)6-8/h5-6,18H,7,16H2,1-4H3,(H,17,20). The predicted octanol–water partition coefficient (Wildman–Crippen LogP) is 1.32. The number of likely N-dealkylation sites (N-methyl/N-ethyl adjacent to an activating group) is 1. The molecular formula is C13H20F2N4O. The van der Waals surface area contributed by atoms with Crippen molar-refractivity contribution in [2.75, 3.05) is 26.1 Å². The number of halogens is 2. The Morgan fingerprint density at radius 1 is 1.30 bits per heavy atom. The summed E-state index contributed by atoms with van der Waals surface area (Å²) in [5.41, 5.74) is 1.09. The first kappa shape index (κ1) is 16.3. The molecule has 0 atom stereocenters. The Morgan fingerprint density at radius 3 is 2.20 bits per heavy atom. The molecule has 112 valence electrons. The number of nitrogens with two attached hydrogens (primary N) is 1. The Balaban J connectivity index is 2.84. The molecule has 4 N–H and O–H groups in total. The van der Waals surface area contributed by atoms with Crippen LogP contribution in [0.1, 0.15) is 24.2 Å². The van der Waals surface area contributed by atoms with Crippen molar-refractivity contribution in [3.63, 3.8) is 0 Å². The van der Waals surface area contributed by atoms with Crippen LogP contribution in [-0.2, 0) is 0 Å². The summed E-state index contributed by atoms with van der Waals surface area (Å²) in [7, 11) is 3.76. The highest BCUT2D eigenvalue weighted by molar-refractivity contribution is 5.94. The van der Waals surface area contributed by atoms with E-state index in [1.54, 1.807) is 0 Å². The van der Waals surface area contributed by atoms with E-state index >= 15 is 0 Å². The van der Waals surface area contributed by atoms with E-state index < -0.39 is 23.2 Å².